The first-order chi connectivity index (χ1) is 8.63. The van der Waals surface area contributed by atoms with Crippen molar-refractivity contribution < 1.29 is 9.47 Å². The van der Waals surface area contributed by atoms with Crippen molar-refractivity contribution in [2.45, 2.75) is 12.8 Å². The minimum absolute atomic E-state index is 0.135. The second kappa shape index (κ2) is 7.16. The molecule has 18 heavy (non-hydrogen) atoms. The quantitative estimate of drug-likeness (QED) is 0.617. The molecular weight excluding hydrogens is 302 g/mol. The molecular formula is C11H14BrN3O3. The summed E-state index contributed by atoms with van der Waals surface area (Å²) < 4.78 is 11.6. The summed E-state index contributed by atoms with van der Waals surface area (Å²) >= 11 is 3.21. The van der Waals surface area contributed by atoms with Gasteiger partial charge in [0.1, 0.15) is 11.0 Å². The molecule has 0 radical (unpaired) electrons. The lowest BCUT2D eigenvalue weighted by Gasteiger charge is -2.15. The normalized spacial score (nSPS) is 10.4. The summed E-state index contributed by atoms with van der Waals surface area (Å²) in [6.45, 7) is 0.530. The zero-order chi connectivity index (χ0) is 13.5. The number of halogens is 1. The van der Waals surface area contributed by atoms with Gasteiger partial charge in [-0.2, -0.15) is 5.10 Å². The number of anilines is 1. The molecule has 0 saturated carbocycles. The van der Waals surface area contributed by atoms with Crippen LogP contribution < -0.4 is 10.9 Å². The van der Waals surface area contributed by atoms with E-state index < -0.39 is 6.29 Å². The number of aromatic nitrogens is 2. The minimum Gasteiger partial charge on any atom is -0.378 e. The lowest BCUT2D eigenvalue weighted by molar-refractivity contribution is -0.0914. The van der Waals surface area contributed by atoms with Gasteiger partial charge >= 0.3 is 0 Å². The highest BCUT2D eigenvalue weighted by molar-refractivity contribution is 9.10. The van der Waals surface area contributed by atoms with Crippen molar-refractivity contribution in [1.82, 2.24) is 9.78 Å². The smallest absolute Gasteiger partial charge is 0.284 e. The van der Waals surface area contributed by atoms with Crippen molar-refractivity contribution >= 4 is 21.6 Å². The van der Waals surface area contributed by atoms with Gasteiger partial charge in [0.05, 0.1) is 18.4 Å². The largest absolute Gasteiger partial charge is 0.378 e. The molecule has 0 fully saturated rings. The lowest BCUT2D eigenvalue weighted by atomic mass is 10.4. The van der Waals surface area contributed by atoms with Crippen LogP contribution in [-0.4, -0.2) is 36.8 Å². The van der Waals surface area contributed by atoms with Crippen LogP contribution in [0.1, 0.15) is 0 Å². The van der Waals surface area contributed by atoms with Gasteiger partial charge in [-0.15, -0.1) is 6.42 Å². The summed E-state index contributed by atoms with van der Waals surface area (Å²) in [5.41, 5.74) is 0.275. The molecule has 0 unspecified atom stereocenters. The summed E-state index contributed by atoms with van der Waals surface area (Å²) in [6, 6.07) is 0. The Hall–Kier alpha value is -1.36. The average Bonchev–Trinajstić information content (AvgIpc) is 2.38. The maximum atomic E-state index is 11.8. The molecule has 0 amide bonds. The zero-order valence-electron chi connectivity index (χ0n) is 10.1. The molecule has 1 N–H and O–H groups in total. The van der Waals surface area contributed by atoms with Gasteiger partial charge in [-0.1, -0.05) is 5.92 Å². The minimum atomic E-state index is -0.398. The van der Waals surface area contributed by atoms with Crippen molar-refractivity contribution in [2.75, 3.05) is 26.1 Å². The molecule has 0 bridgehead atoms. The third-order valence-corrected chi connectivity index (χ3v) is 2.98. The Morgan fingerprint density at radius 1 is 1.61 bits per heavy atom. The van der Waals surface area contributed by atoms with Gasteiger partial charge in [-0.05, 0) is 15.9 Å². The number of hydrogen-bond donors (Lipinski definition) is 1. The van der Waals surface area contributed by atoms with E-state index in [-0.39, 0.29) is 12.1 Å². The van der Waals surface area contributed by atoms with Crippen LogP contribution in [0, 0.1) is 12.3 Å². The Labute approximate surface area is 113 Å². The summed E-state index contributed by atoms with van der Waals surface area (Å²) in [7, 11) is 3.07. The molecule has 1 rings (SSSR count). The molecule has 1 aromatic rings. The van der Waals surface area contributed by atoms with E-state index in [0.717, 1.165) is 0 Å². The molecule has 0 aliphatic carbocycles. The zero-order valence-corrected chi connectivity index (χ0v) is 11.7. The fourth-order valence-electron chi connectivity index (χ4n) is 1.24. The second-order valence-electron chi connectivity index (χ2n) is 3.32. The van der Waals surface area contributed by atoms with Crippen LogP contribution >= 0.6 is 15.9 Å². The molecule has 0 saturated heterocycles. The first-order valence-electron chi connectivity index (χ1n) is 5.12. The number of nitrogens with one attached hydrogen (secondary N) is 1. The summed E-state index contributed by atoms with van der Waals surface area (Å²) in [6.07, 6.45) is 6.26. The summed E-state index contributed by atoms with van der Waals surface area (Å²) in [5.74, 6) is 2.36. The van der Waals surface area contributed by atoms with Gasteiger partial charge < -0.3 is 14.8 Å². The van der Waals surface area contributed by atoms with Crippen LogP contribution in [0.2, 0.25) is 0 Å². The number of nitrogens with zero attached hydrogens (tertiary/aromatic N) is 2. The average molecular weight is 316 g/mol. The Bertz CT molecular complexity index is 491. The molecule has 0 aliphatic heterocycles. The van der Waals surface area contributed by atoms with E-state index in [1.54, 1.807) is 0 Å². The van der Waals surface area contributed by atoms with E-state index in [4.69, 9.17) is 15.9 Å². The van der Waals surface area contributed by atoms with Crippen molar-refractivity contribution in [1.29, 1.82) is 0 Å². The summed E-state index contributed by atoms with van der Waals surface area (Å²) in [5, 5.41) is 6.95. The van der Waals surface area contributed by atoms with E-state index in [0.29, 0.717) is 16.7 Å². The molecule has 0 spiro atoms. The summed E-state index contributed by atoms with van der Waals surface area (Å²) in [4.78, 5) is 11.8. The van der Waals surface area contributed by atoms with Crippen LogP contribution in [0.4, 0.5) is 5.69 Å². The van der Waals surface area contributed by atoms with Crippen LogP contribution in [-0.2, 0) is 16.0 Å². The number of hydrogen-bond acceptors (Lipinski definition) is 5. The monoisotopic (exact) mass is 315 g/mol. The molecule has 0 aromatic carbocycles. The highest BCUT2D eigenvalue weighted by Gasteiger charge is 2.10. The fourth-order valence-corrected chi connectivity index (χ4v) is 1.69. The standard InChI is InChI=1S/C11H14BrN3O3/c1-4-5-15-11(16)10(12)8(6-14-15)13-7-9(17-2)18-3/h1,6,9,13H,5,7H2,2-3H3. The Kier molecular flexibility index (Phi) is 5.85. The van der Waals surface area contributed by atoms with E-state index in [1.165, 1.54) is 25.1 Å². The first kappa shape index (κ1) is 14.7. The van der Waals surface area contributed by atoms with Crippen LogP contribution in [0.15, 0.2) is 15.5 Å². The molecule has 7 heteroatoms. The lowest BCUT2D eigenvalue weighted by Crippen LogP contribution is -2.27. The number of rotatable bonds is 6. The van der Waals surface area contributed by atoms with Gasteiger partial charge in [0.25, 0.3) is 5.56 Å². The van der Waals surface area contributed by atoms with E-state index >= 15 is 0 Å². The Morgan fingerprint density at radius 3 is 2.83 bits per heavy atom. The molecule has 1 heterocycles. The van der Waals surface area contributed by atoms with Crippen molar-refractivity contribution in [3.63, 3.8) is 0 Å². The molecule has 1 aromatic heterocycles. The van der Waals surface area contributed by atoms with Crippen molar-refractivity contribution in [3.05, 3.63) is 21.0 Å². The fraction of sp³-hybridized carbons (Fsp3) is 0.455. The predicted octanol–water partition coefficient (Wildman–Crippen LogP) is 0.670. The van der Waals surface area contributed by atoms with Crippen molar-refractivity contribution in [2.24, 2.45) is 0 Å². The third kappa shape index (κ3) is 3.57. The van der Waals surface area contributed by atoms with Gasteiger partial charge in [0.15, 0.2) is 6.29 Å². The van der Waals surface area contributed by atoms with Gasteiger partial charge in [0, 0.05) is 14.2 Å². The van der Waals surface area contributed by atoms with Crippen LogP contribution in [0.25, 0.3) is 0 Å². The predicted molar refractivity (Wildman–Crippen MR) is 71.3 cm³/mol. The first-order valence-corrected chi connectivity index (χ1v) is 5.91. The highest BCUT2D eigenvalue weighted by Crippen LogP contribution is 2.16. The van der Waals surface area contributed by atoms with Gasteiger partial charge in [-0.3, -0.25) is 4.79 Å². The SMILES string of the molecule is C#CCn1ncc(NCC(OC)OC)c(Br)c1=O. The number of terminal acetylenes is 1. The Balaban J connectivity index is 2.83. The maximum absolute atomic E-state index is 11.8. The highest BCUT2D eigenvalue weighted by atomic mass is 79.9. The van der Waals surface area contributed by atoms with Crippen LogP contribution in [0.5, 0.6) is 0 Å². The van der Waals surface area contributed by atoms with Gasteiger partial charge in [0.2, 0.25) is 0 Å². The molecule has 6 nitrogen and oxygen atoms in total. The molecule has 0 atom stereocenters. The van der Waals surface area contributed by atoms with E-state index in [9.17, 15) is 4.79 Å². The van der Waals surface area contributed by atoms with E-state index in [2.05, 4.69) is 32.3 Å². The van der Waals surface area contributed by atoms with E-state index in [1.807, 2.05) is 0 Å². The topological polar surface area (TPSA) is 65.4 Å². The third-order valence-electron chi connectivity index (χ3n) is 2.21. The molecule has 98 valence electrons. The second-order valence-corrected chi connectivity index (χ2v) is 4.11. The van der Waals surface area contributed by atoms with Gasteiger partial charge in [-0.25, -0.2) is 4.68 Å². The Morgan fingerprint density at radius 2 is 2.28 bits per heavy atom. The molecule has 0 aliphatic rings. The van der Waals surface area contributed by atoms with Crippen molar-refractivity contribution in [3.8, 4) is 12.3 Å². The maximum Gasteiger partial charge on any atom is 0.284 e. The van der Waals surface area contributed by atoms with Crippen LogP contribution in [0.3, 0.4) is 0 Å². The number of methoxy groups -OCH3 is 2. The number of ether oxygens (including phenoxy) is 2.